The van der Waals surface area contributed by atoms with E-state index < -0.39 is 0 Å². The highest BCUT2D eigenvalue weighted by molar-refractivity contribution is 9.11. The van der Waals surface area contributed by atoms with Gasteiger partial charge in [0.15, 0.2) is 0 Å². The summed E-state index contributed by atoms with van der Waals surface area (Å²) >= 11 is 7.02. The fraction of sp³-hybridized carbons (Fsp3) is 0.200. The second kappa shape index (κ2) is 5.89. The van der Waals surface area contributed by atoms with Crippen molar-refractivity contribution in [1.29, 1.82) is 0 Å². The number of halogens is 2. The van der Waals surface area contributed by atoms with Crippen LogP contribution in [-0.4, -0.2) is 0 Å². The molecule has 0 spiro atoms. The number of hydrogen-bond acceptors (Lipinski definition) is 1. The standard InChI is InChI=1S/C15H15Br2N/c1-10-3-4-11(2)12(7-10)9-18-15-6-5-13(16)8-14(15)17/h3-8,18H,9H2,1-2H3. The van der Waals surface area contributed by atoms with Gasteiger partial charge in [0, 0.05) is 21.2 Å². The summed E-state index contributed by atoms with van der Waals surface area (Å²) < 4.78 is 2.15. The second-order valence-electron chi connectivity index (χ2n) is 4.41. The van der Waals surface area contributed by atoms with Gasteiger partial charge in [-0.1, -0.05) is 39.7 Å². The Bertz CT molecular complexity index is 564. The molecule has 2 aromatic rings. The Morgan fingerprint density at radius 1 is 1.00 bits per heavy atom. The van der Waals surface area contributed by atoms with E-state index in [4.69, 9.17) is 0 Å². The van der Waals surface area contributed by atoms with Gasteiger partial charge in [-0.05, 0) is 59.1 Å². The van der Waals surface area contributed by atoms with Crippen molar-refractivity contribution in [2.24, 2.45) is 0 Å². The third-order valence-corrected chi connectivity index (χ3v) is 4.05. The van der Waals surface area contributed by atoms with Crippen LogP contribution in [0.5, 0.6) is 0 Å². The predicted molar refractivity (Wildman–Crippen MR) is 85.1 cm³/mol. The average molecular weight is 369 g/mol. The van der Waals surface area contributed by atoms with Crippen LogP contribution in [0, 0.1) is 13.8 Å². The molecule has 94 valence electrons. The highest BCUT2D eigenvalue weighted by Gasteiger charge is 2.02. The Morgan fingerprint density at radius 3 is 2.50 bits per heavy atom. The summed E-state index contributed by atoms with van der Waals surface area (Å²) in [6.07, 6.45) is 0. The zero-order valence-electron chi connectivity index (χ0n) is 10.4. The number of rotatable bonds is 3. The fourth-order valence-electron chi connectivity index (χ4n) is 1.81. The summed E-state index contributed by atoms with van der Waals surface area (Å²) in [5.74, 6) is 0. The molecule has 0 radical (unpaired) electrons. The molecule has 2 rings (SSSR count). The SMILES string of the molecule is Cc1ccc(C)c(CNc2ccc(Br)cc2Br)c1. The van der Waals surface area contributed by atoms with Crippen LogP contribution in [-0.2, 0) is 6.54 Å². The van der Waals surface area contributed by atoms with Crippen LogP contribution < -0.4 is 5.32 Å². The van der Waals surface area contributed by atoms with E-state index in [1.165, 1.54) is 16.7 Å². The first-order chi connectivity index (χ1) is 8.56. The maximum Gasteiger partial charge on any atom is 0.0488 e. The van der Waals surface area contributed by atoms with Crippen LogP contribution in [0.15, 0.2) is 45.3 Å². The van der Waals surface area contributed by atoms with Crippen LogP contribution in [0.4, 0.5) is 5.69 Å². The van der Waals surface area contributed by atoms with Gasteiger partial charge >= 0.3 is 0 Å². The van der Waals surface area contributed by atoms with Crippen molar-refractivity contribution >= 4 is 37.5 Å². The van der Waals surface area contributed by atoms with Crippen molar-refractivity contribution in [2.45, 2.75) is 20.4 Å². The highest BCUT2D eigenvalue weighted by Crippen LogP contribution is 2.26. The smallest absolute Gasteiger partial charge is 0.0488 e. The Morgan fingerprint density at radius 2 is 1.78 bits per heavy atom. The molecule has 0 amide bonds. The predicted octanol–water partition coefficient (Wildman–Crippen LogP) is 5.44. The lowest BCUT2D eigenvalue weighted by Crippen LogP contribution is -2.02. The Kier molecular flexibility index (Phi) is 4.46. The summed E-state index contributed by atoms with van der Waals surface area (Å²) in [5, 5.41) is 3.46. The lowest BCUT2D eigenvalue weighted by molar-refractivity contribution is 1.11. The van der Waals surface area contributed by atoms with Crippen LogP contribution in [0.25, 0.3) is 0 Å². The quantitative estimate of drug-likeness (QED) is 0.760. The molecule has 0 unspecified atom stereocenters. The molecule has 0 atom stereocenters. The van der Waals surface area contributed by atoms with Gasteiger partial charge in [0.1, 0.15) is 0 Å². The highest BCUT2D eigenvalue weighted by atomic mass is 79.9. The van der Waals surface area contributed by atoms with Gasteiger partial charge in [0.25, 0.3) is 0 Å². The van der Waals surface area contributed by atoms with Gasteiger partial charge < -0.3 is 5.32 Å². The molecule has 0 saturated carbocycles. The molecule has 0 bridgehead atoms. The molecule has 3 heteroatoms. The first-order valence-electron chi connectivity index (χ1n) is 5.81. The third kappa shape index (κ3) is 3.36. The summed E-state index contributed by atoms with van der Waals surface area (Å²) in [5.41, 5.74) is 5.07. The Labute approximate surface area is 125 Å². The van der Waals surface area contributed by atoms with Crippen molar-refractivity contribution in [3.63, 3.8) is 0 Å². The van der Waals surface area contributed by atoms with Crippen molar-refractivity contribution < 1.29 is 0 Å². The molecule has 0 heterocycles. The molecule has 18 heavy (non-hydrogen) atoms. The van der Waals surface area contributed by atoms with Crippen molar-refractivity contribution in [2.75, 3.05) is 5.32 Å². The van der Waals surface area contributed by atoms with E-state index >= 15 is 0 Å². The van der Waals surface area contributed by atoms with Crippen molar-refractivity contribution in [3.8, 4) is 0 Å². The van der Waals surface area contributed by atoms with Gasteiger partial charge in [-0.2, -0.15) is 0 Å². The largest absolute Gasteiger partial charge is 0.380 e. The number of nitrogens with one attached hydrogen (secondary N) is 1. The lowest BCUT2D eigenvalue weighted by atomic mass is 10.1. The van der Waals surface area contributed by atoms with Gasteiger partial charge in [0.2, 0.25) is 0 Å². The fourth-order valence-corrected chi connectivity index (χ4v) is 3.00. The van der Waals surface area contributed by atoms with Gasteiger partial charge in [-0.25, -0.2) is 0 Å². The van der Waals surface area contributed by atoms with Crippen LogP contribution in [0.2, 0.25) is 0 Å². The van der Waals surface area contributed by atoms with Gasteiger partial charge in [-0.15, -0.1) is 0 Å². The first-order valence-corrected chi connectivity index (χ1v) is 7.40. The zero-order chi connectivity index (χ0) is 13.1. The minimum atomic E-state index is 0.841. The number of benzene rings is 2. The molecule has 0 aliphatic heterocycles. The summed E-state index contributed by atoms with van der Waals surface area (Å²) in [6.45, 7) is 5.11. The van der Waals surface area contributed by atoms with Gasteiger partial charge in [-0.3, -0.25) is 0 Å². The monoisotopic (exact) mass is 367 g/mol. The molecule has 1 nitrogen and oxygen atoms in total. The van der Waals surface area contributed by atoms with Crippen molar-refractivity contribution in [3.05, 3.63) is 62.0 Å². The minimum absolute atomic E-state index is 0.841. The zero-order valence-corrected chi connectivity index (χ0v) is 13.6. The van der Waals surface area contributed by atoms with Crippen LogP contribution in [0.3, 0.4) is 0 Å². The topological polar surface area (TPSA) is 12.0 Å². The minimum Gasteiger partial charge on any atom is -0.380 e. The van der Waals surface area contributed by atoms with Gasteiger partial charge in [0.05, 0.1) is 0 Å². The van der Waals surface area contributed by atoms with E-state index in [-0.39, 0.29) is 0 Å². The summed E-state index contributed by atoms with van der Waals surface area (Å²) in [4.78, 5) is 0. The Balaban J connectivity index is 2.13. The number of aryl methyl sites for hydroxylation is 2. The van der Waals surface area contributed by atoms with Crippen LogP contribution in [0.1, 0.15) is 16.7 Å². The average Bonchev–Trinajstić information content (AvgIpc) is 2.32. The van der Waals surface area contributed by atoms with E-state index in [0.717, 1.165) is 21.2 Å². The maximum atomic E-state index is 3.56. The molecular formula is C15H15Br2N. The van der Waals surface area contributed by atoms with E-state index in [1.807, 2.05) is 12.1 Å². The molecule has 0 aliphatic carbocycles. The Hall–Kier alpha value is -0.800. The normalized spacial score (nSPS) is 10.4. The lowest BCUT2D eigenvalue weighted by Gasteiger charge is -2.11. The maximum absolute atomic E-state index is 3.56. The summed E-state index contributed by atoms with van der Waals surface area (Å²) in [7, 11) is 0. The molecule has 2 aromatic carbocycles. The third-order valence-electron chi connectivity index (χ3n) is 2.91. The van der Waals surface area contributed by atoms with E-state index in [1.54, 1.807) is 0 Å². The molecule has 0 fully saturated rings. The molecule has 0 aromatic heterocycles. The number of hydrogen-bond donors (Lipinski definition) is 1. The van der Waals surface area contributed by atoms with Crippen molar-refractivity contribution in [1.82, 2.24) is 0 Å². The van der Waals surface area contributed by atoms with E-state index in [2.05, 4.69) is 75.3 Å². The summed E-state index contributed by atoms with van der Waals surface area (Å²) in [6, 6.07) is 12.7. The second-order valence-corrected chi connectivity index (χ2v) is 6.18. The molecule has 1 N–H and O–H groups in total. The van der Waals surface area contributed by atoms with Crippen LogP contribution >= 0.6 is 31.9 Å². The molecular weight excluding hydrogens is 354 g/mol. The number of anilines is 1. The molecule has 0 saturated heterocycles. The molecule has 0 aliphatic rings. The first kappa shape index (κ1) is 13.6. The van der Waals surface area contributed by atoms with E-state index in [0.29, 0.717) is 0 Å². The van der Waals surface area contributed by atoms with E-state index in [9.17, 15) is 0 Å².